The molecule has 2 rings (SSSR count). The van der Waals surface area contributed by atoms with Crippen LogP contribution in [0.2, 0.25) is 0 Å². The van der Waals surface area contributed by atoms with E-state index in [1.54, 1.807) is 39.0 Å². The Labute approximate surface area is 154 Å². The van der Waals surface area contributed by atoms with Gasteiger partial charge in [0, 0.05) is 16.9 Å². The number of aromatic nitrogens is 2. The highest BCUT2D eigenvalue weighted by atomic mass is 79.9. The highest BCUT2D eigenvalue weighted by Crippen LogP contribution is 2.28. The second kappa shape index (κ2) is 7.60. The van der Waals surface area contributed by atoms with E-state index in [1.807, 2.05) is 0 Å². The number of pyridine rings is 2. The molecule has 0 radical (unpaired) electrons. The lowest BCUT2D eigenvalue weighted by Gasteiger charge is -2.27. The van der Waals surface area contributed by atoms with Crippen LogP contribution in [-0.2, 0) is 9.47 Å². The average molecular weight is 408 g/mol. The number of carbonyl (C=O) groups is 2. The minimum absolute atomic E-state index is 0.0819. The molecule has 2 aromatic rings. The minimum atomic E-state index is -0.731. The molecule has 0 atom stereocenters. The van der Waals surface area contributed by atoms with Gasteiger partial charge in [-0.1, -0.05) is 0 Å². The van der Waals surface area contributed by atoms with E-state index in [1.165, 1.54) is 25.6 Å². The maximum absolute atomic E-state index is 12.8. The summed E-state index contributed by atoms with van der Waals surface area (Å²) in [5.74, 6) is -0.270. The molecule has 0 bridgehead atoms. The molecule has 0 saturated heterocycles. The Bertz CT molecular complexity index is 772. The SMILES string of the molecule is COC(=O)c1cccnc1N(C(=O)OC(C)(C)C)c1ccc(Br)cn1. The lowest BCUT2D eigenvalue weighted by Crippen LogP contribution is -2.35. The monoisotopic (exact) mass is 407 g/mol. The van der Waals surface area contributed by atoms with Gasteiger partial charge in [0.25, 0.3) is 0 Å². The van der Waals surface area contributed by atoms with E-state index in [2.05, 4.69) is 25.9 Å². The number of hydrogen-bond acceptors (Lipinski definition) is 6. The zero-order valence-electron chi connectivity index (χ0n) is 14.3. The summed E-state index contributed by atoms with van der Waals surface area (Å²) in [6.07, 6.45) is 2.30. The number of anilines is 2. The summed E-state index contributed by atoms with van der Waals surface area (Å²) in [6.45, 7) is 5.24. The van der Waals surface area contributed by atoms with Crippen molar-refractivity contribution in [3.05, 3.63) is 46.7 Å². The third kappa shape index (κ3) is 4.76. The van der Waals surface area contributed by atoms with Gasteiger partial charge in [0.2, 0.25) is 0 Å². The Morgan fingerprint density at radius 1 is 1.16 bits per heavy atom. The lowest BCUT2D eigenvalue weighted by molar-refractivity contribution is 0.0593. The number of halogens is 1. The van der Waals surface area contributed by atoms with Gasteiger partial charge in [-0.2, -0.15) is 0 Å². The molecule has 7 nitrogen and oxygen atoms in total. The van der Waals surface area contributed by atoms with E-state index < -0.39 is 17.7 Å². The van der Waals surface area contributed by atoms with Crippen molar-refractivity contribution in [1.82, 2.24) is 9.97 Å². The molecule has 132 valence electrons. The van der Waals surface area contributed by atoms with Crippen LogP contribution in [0.1, 0.15) is 31.1 Å². The van der Waals surface area contributed by atoms with Crippen LogP contribution in [-0.4, -0.2) is 34.7 Å². The van der Waals surface area contributed by atoms with Crippen LogP contribution in [0.25, 0.3) is 0 Å². The first-order valence-corrected chi connectivity index (χ1v) is 8.20. The molecule has 0 aliphatic carbocycles. The van der Waals surface area contributed by atoms with Crippen molar-refractivity contribution < 1.29 is 19.1 Å². The van der Waals surface area contributed by atoms with E-state index in [-0.39, 0.29) is 17.2 Å². The van der Waals surface area contributed by atoms with Gasteiger partial charge >= 0.3 is 12.1 Å². The number of ether oxygens (including phenoxy) is 2. The molecule has 0 aliphatic heterocycles. The first kappa shape index (κ1) is 18.9. The predicted molar refractivity (Wildman–Crippen MR) is 95.9 cm³/mol. The van der Waals surface area contributed by atoms with Crippen LogP contribution in [0.3, 0.4) is 0 Å². The summed E-state index contributed by atoms with van der Waals surface area (Å²) in [7, 11) is 1.26. The molecule has 0 saturated carbocycles. The number of carbonyl (C=O) groups excluding carboxylic acids is 2. The van der Waals surface area contributed by atoms with Crippen molar-refractivity contribution >= 4 is 39.6 Å². The van der Waals surface area contributed by atoms with Gasteiger partial charge in [0.05, 0.1) is 7.11 Å². The molecule has 0 spiro atoms. The Balaban J connectivity index is 2.58. The Hall–Kier alpha value is -2.48. The number of rotatable bonds is 3. The topological polar surface area (TPSA) is 81.6 Å². The molecule has 2 heterocycles. The number of nitrogens with zero attached hydrogens (tertiary/aromatic N) is 3. The molecular formula is C17H18BrN3O4. The van der Waals surface area contributed by atoms with Crippen molar-refractivity contribution in [3.8, 4) is 0 Å². The quantitative estimate of drug-likeness (QED) is 0.712. The first-order valence-electron chi connectivity index (χ1n) is 7.41. The molecule has 8 heteroatoms. The zero-order valence-corrected chi connectivity index (χ0v) is 15.9. The largest absolute Gasteiger partial charge is 0.465 e. The molecule has 2 aromatic heterocycles. The molecule has 25 heavy (non-hydrogen) atoms. The van der Waals surface area contributed by atoms with Crippen LogP contribution in [0.15, 0.2) is 41.1 Å². The van der Waals surface area contributed by atoms with E-state index in [0.717, 1.165) is 9.37 Å². The van der Waals surface area contributed by atoms with Gasteiger partial charge in [-0.25, -0.2) is 24.5 Å². The average Bonchev–Trinajstić information content (AvgIpc) is 2.55. The molecule has 0 fully saturated rings. The van der Waals surface area contributed by atoms with Crippen molar-refractivity contribution in [3.63, 3.8) is 0 Å². The third-order valence-corrected chi connectivity index (χ3v) is 3.39. The maximum atomic E-state index is 12.8. The van der Waals surface area contributed by atoms with Gasteiger partial charge in [-0.3, -0.25) is 0 Å². The van der Waals surface area contributed by atoms with Gasteiger partial charge in [0.1, 0.15) is 17.0 Å². The summed E-state index contributed by atoms with van der Waals surface area (Å²) < 4.78 is 11.0. The van der Waals surface area contributed by atoms with Gasteiger partial charge in [-0.05, 0) is 61.0 Å². The number of methoxy groups -OCH3 is 1. The second-order valence-electron chi connectivity index (χ2n) is 6.02. The molecule has 0 N–H and O–H groups in total. The Morgan fingerprint density at radius 2 is 1.88 bits per heavy atom. The van der Waals surface area contributed by atoms with Crippen molar-refractivity contribution in [1.29, 1.82) is 0 Å². The summed E-state index contributed by atoms with van der Waals surface area (Å²) in [6, 6.07) is 6.44. The zero-order chi connectivity index (χ0) is 18.6. The smallest absolute Gasteiger partial charge is 0.421 e. The highest BCUT2D eigenvalue weighted by molar-refractivity contribution is 9.10. The van der Waals surface area contributed by atoms with Crippen LogP contribution in [0.5, 0.6) is 0 Å². The van der Waals surface area contributed by atoms with Gasteiger partial charge in [-0.15, -0.1) is 0 Å². The standard InChI is InChI=1S/C17H18BrN3O4/c1-17(2,3)25-16(23)21(13-8-7-11(18)10-20-13)14-12(15(22)24-4)6-5-9-19-14/h5-10H,1-4H3. The van der Waals surface area contributed by atoms with Crippen LogP contribution >= 0.6 is 15.9 Å². The maximum Gasteiger partial charge on any atom is 0.421 e. The Morgan fingerprint density at radius 3 is 2.44 bits per heavy atom. The van der Waals surface area contributed by atoms with E-state index in [9.17, 15) is 9.59 Å². The van der Waals surface area contributed by atoms with Crippen LogP contribution < -0.4 is 4.90 Å². The Kier molecular flexibility index (Phi) is 5.73. The normalized spacial score (nSPS) is 10.9. The van der Waals surface area contributed by atoms with Crippen LogP contribution in [0, 0.1) is 0 Å². The van der Waals surface area contributed by atoms with Gasteiger partial charge in [0.15, 0.2) is 5.82 Å². The third-order valence-electron chi connectivity index (χ3n) is 2.92. The first-order chi connectivity index (χ1) is 11.7. The molecule has 0 aliphatic rings. The van der Waals surface area contributed by atoms with Gasteiger partial charge < -0.3 is 9.47 Å². The second-order valence-corrected chi connectivity index (χ2v) is 6.93. The fourth-order valence-corrected chi connectivity index (χ4v) is 2.18. The van der Waals surface area contributed by atoms with E-state index in [0.29, 0.717) is 0 Å². The summed E-state index contributed by atoms with van der Waals surface area (Å²) in [5.41, 5.74) is -0.606. The molecule has 0 unspecified atom stereocenters. The summed E-state index contributed by atoms with van der Waals surface area (Å²) in [4.78, 5) is 34.4. The fraction of sp³-hybridized carbons (Fsp3) is 0.294. The highest BCUT2D eigenvalue weighted by Gasteiger charge is 2.30. The van der Waals surface area contributed by atoms with Crippen molar-refractivity contribution in [2.75, 3.05) is 12.0 Å². The molecule has 1 amide bonds. The molecular weight excluding hydrogens is 390 g/mol. The number of hydrogen-bond donors (Lipinski definition) is 0. The minimum Gasteiger partial charge on any atom is -0.465 e. The summed E-state index contributed by atoms with van der Waals surface area (Å²) >= 11 is 3.30. The lowest BCUT2D eigenvalue weighted by atomic mass is 10.2. The number of amides is 1. The van der Waals surface area contributed by atoms with E-state index >= 15 is 0 Å². The summed E-state index contributed by atoms with van der Waals surface area (Å²) in [5, 5.41) is 0. The van der Waals surface area contributed by atoms with Crippen molar-refractivity contribution in [2.24, 2.45) is 0 Å². The predicted octanol–water partition coefficient (Wildman–Crippen LogP) is 4.10. The fourth-order valence-electron chi connectivity index (χ4n) is 1.94. The van der Waals surface area contributed by atoms with E-state index in [4.69, 9.17) is 9.47 Å². The van der Waals surface area contributed by atoms with Crippen LogP contribution in [0.4, 0.5) is 16.4 Å². The van der Waals surface area contributed by atoms with Crippen molar-refractivity contribution in [2.45, 2.75) is 26.4 Å². The molecule has 0 aromatic carbocycles. The number of esters is 1.